The fourth-order valence-corrected chi connectivity index (χ4v) is 0.820. The van der Waals surface area contributed by atoms with Gasteiger partial charge in [-0.1, -0.05) is 6.58 Å². The molecule has 0 aromatic rings. The van der Waals surface area contributed by atoms with E-state index in [0.717, 1.165) is 6.08 Å². The Morgan fingerprint density at radius 3 is 2.31 bits per heavy atom. The summed E-state index contributed by atoms with van der Waals surface area (Å²) in [5, 5.41) is 8.29. The number of aliphatic carboxylic acids is 1. The molecule has 6 heteroatoms. The summed E-state index contributed by atoms with van der Waals surface area (Å²) in [5.41, 5.74) is 0. The Morgan fingerprint density at radius 2 is 1.88 bits per heavy atom. The molecule has 6 nitrogen and oxygen atoms in total. The van der Waals surface area contributed by atoms with E-state index in [4.69, 9.17) is 5.11 Å². The van der Waals surface area contributed by atoms with Gasteiger partial charge in [0.2, 0.25) is 11.6 Å². The predicted molar refractivity (Wildman–Crippen MR) is 52.6 cm³/mol. The van der Waals surface area contributed by atoms with E-state index in [0.29, 0.717) is 0 Å². The second-order valence-electron chi connectivity index (χ2n) is 2.96. The molecule has 0 aromatic heterocycles. The highest BCUT2D eigenvalue weighted by atomic mass is 16.5. The number of allylic oxidation sites excluding steroid dienone is 1. The third kappa shape index (κ3) is 5.04. The maximum atomic E-state index is 11.1. The molecule has 0 aliphatic rings. The Kier molecular flexibility index (Phi) is 5.69. The van der Waals surface area contributed by atoms with Crippen LogP contribution in [0.25, 0.3) is 0 Å². The summed E-state index contributed by atoms with van der Waals surface area (Å²) >= 11 is 0. The van der Waals surface area contributed by atoms with Crippen molar-refractivity contribution >= 4 is 23.5 Å². The lowest BCUT2D eigenvalue weighted by Crippen LogP contribution is -2.29. The molecule has 0 saturated heterocycles. The van der Waals surface area contributed by atoms with Crippen LogP contribution in [0.4, 0.5) is 0 Å². The van der Waals surface area contributed by atoms with Gasteiger partial charge in [-0.2, -0.15) is 0 Å². The number of ether oxygens (including phenoxy) is 1. The molecule has 0 rings (SSSR count). The van der Waals surface area contributed by atoms with E-state index < -0.39 is 29.6 Å². The number of hydrogen-bond donors (Lipinski definition) is 1. The summed E-state index contributed by atoms with van der Waals surface area (Å²) in [5.74, 6) is -3.71. The van der Waals surface area contributed by atoms with Gasteiger partial charge in [0.25, 0.3) is 0 Å². The Morgan fingerprint density at radius 1 is 1.31 bits per heavy atom. The minimum atomic E-state index is -1.22. The average Bonchev–Trinajstić information content (AvgIpc) is 2.24. The Labute approximate surface area is 91.9 Å². The normalized spacial score (nSPS) is 11.3. The molecule has 0 aromatic carbocycles. The largest absolute Gasteiger partial charge is 0.481 e. The van der Waals surface area contributed by atoms with Crippen LogP contribution in [0.15, 0.2) is 12.7 Å². The van der Waals surface area contributed by atoms with Gasteiger partial charge in [0.05, 0.1) is 12.8 Å². The van der Waals surface area contributed by atoms with Crippen LogP contribution >= 0.6 is 0 Å². The van der Waals surface area contributed by atoms with Crippen molar-refractivity contribution in [3.8, 4) is 0 Å². The molecule has 16 heavy (non-hydrogen) atoms. The van der Waals surface area contributed by atoms with Crippen LogP contribution < -0.4 is 0 Å². The van der Waals surface area contributed by atoms with E-state index >= 15 is 0 Å². The smallest absolute Gasteiger partial charge is 0.307 e. The van der Waals surface area contributed by atoms with Crippen molar-refractivity contribution in [1.82, 2.24) is 0 Å². The molecule has 0 heterocycles. The van der Waals surface area contributed by atoms with E-state index in [9.17, 15) is 19.2 Å². The fourth-order valence-electron chi connectivity index (χ4n) is 0.820. The quantitative estimate of drug-likeness (QED) is 0.377. The average molecular weight is 228 g/mol. The van der Waals surface area contributed by atoms with Crippen molar-refractivity contribution in [2.75, 3.05) is 0 Å². The second-order valence-corrected chi connectivity index (χ2v) is 2.96. The minimum Gasteiger partial charge on any atom is -0.481 e. The first kappa shape index (κ1) is 14.0. The number of carboxylic acid groups (broad SMARTS) is 1. The number of carboxylic acids is 1. The number of carbonyl (C=O) groups excluding carboxylic acids is 3. The van der Waals surface area contributed by atoms with Gasteiger partial charge in [-0.25, -0.2) is 0 Å². The molecule has 1 unspecified atom stereocenters. The van der Waals surface area contributed by atoms with E-state index in [-0.39, 0.29) is 12.8 Å². The highest BCUT2D eigenvalue weighted by molar-refractivity contribution is 6.43. The van der Waals surface area contributed by atoms with Gasteiger partial charge in [-0.15, -0.1) is 0 Å². The third-order valence-corrected chi connectivity index (χ3v) is 1.65. The maximum absolute atomic E-state index is 11.1. The lowest BCUT2D eigenvalue weighted by atomic mass is 10.2. The first-order chi connectivity index (χ1) is 7.38. The molecule has 1 N–H and O–H groups in total. The van der Waals surface area contributed by atoms with Crippen LogP contribution in [0.1, 0.15) is 19.8 Å². The zero-order chi connectivity index (χ0) is 12.7. The fraction of sp³-hybridized carbons (Fsp3) is 0.400. The zero-order valence-electron chi connectivity index (χ0n) is 8.76. The number of esters is 1. The van der Waals surface area contributed by atoms with E-state index in [1.807, 2.05) is 0 Å². The lowest BCUT2D eigenvalue weighted by molar-refractivity contribution is -0.156. The minimum absolute atomic E-state index is 0.338. The van der Waals surface area contributed by atoms with Gasteiger partial charge in [0, 0.05) is 0 Å². The molecule has 0 fully saturated rings. The van der Waals surface area contributed by atoms with Crippen molar-refractivity contribution < 1.29 is 29.0 Å². The monoisotopic (exact) mass is 228 g/mol. The van der Waals surface area contributed by atoms with Gasteiger partial charge in [-0.05, 0) is 13.0 Å². The van der Waals surface area contributed by atoms with Crippen molar-refractivity contribution in [1.29, 1.82) is 0 Å². The highest BCUT2D eigenvalue weighted by Crippen LogP contribution is 2.00. The molecule has 0 radical (unpaired) electrons. The molecule has 0 bridgehead atoms. The van der Waals surface area contributed by atoms with E-state index in [1.165, 1.54) is 6.92 Å². The maximum Gasteiger partial charge on any atom is 0.307 e. The number of ketones is 2. The molecule has 0 amide bonds. The molecule has 0 spiro atoms. The van der Waals surface area contributed by atoms with Gasteiger partial charge in [0.1, 0.15) is 0 Å². The van der Waals surface area contributed by atoms with Crippen molar-refractivity contribution in [3.63, 3.8) is 0 Å². The third-order valence-electron chi connectivity index (χ3n) is 1.65. The molecule has 0 aliphatic heterocycles. The SMILES string of the molecule is C=CC(=O)C(=O)C(C)OC(=O)CCC(=O)O. The van der Waals surface area contributed by atoms with Crippen molar-refractivity contribution in [2.24, 2.45) is 0 Å². The Balaban J connectivity index is 4.13. The molecule has 1 atom stereocenters. The topological polar surface area (TPSA) is 97.7 Å². The molecule has 0 aliphatic carbocycles. The standard InChI is InChI=1S/C10H12O6/c1-3-7(11)10(15)6(2)16-9(14)5-4-8(12)13/h3,6H,1,4-5H2,2H3,(H,12,13). The van der Waals surface area contributed by atoms with E-state index in [2.05, 4.69) is 11.3 Å². The van der Waals surface area contributed by atoms with Crippen molar-refractivity contribution in [2.45, 2.75) is 25.9 Å². The summed E-state index contributed by atoms with van der Waals surface area (Å²) < 4.78 is 4.57. The molecular formula is C10H12O6. The predicted octanol–water partition coefficient (Wildman–Crippen LogP) is 0.107. The highest BCUT2D eigenvalue weighted by Gasteiger charge is 2.22. The number of Topliss-reactive ketones (excluding diaryl/α,β-unsaturated/α-hetero) is 1. The molecule has 88 valence electrons. The Bertz CT molecular complexity index is 330. The number of hydrogen-bond acceptors (Lipinski definition) is 5. The van der Waals surface area contributed by atoms with Gasteiger partial charge < -0.3 is 9.84 Å². The number of rotatable bonds is 7. The van der Waals surface area contributed by atoms with Gasteiger partial charge in [-0.3, -0.25) is 19.2 Å². The summed E-state index contributed by atoms with van der Waals surface area (Å²) in [6, 6.07) is 0. The number of carbonyl (C=O) groups is 4. The zero-order valence-corrected chi connectivity index (χ0v) is 8.76. The van der Waals surface area contributed by atoms with Crippen molar-refractivity contribution in [3.05, 3.63) is 12.7 Å². The first-order valence-corrected chi connectivity index (χ1v) is 4.50. The Hall–Kier alpha value is -1.98. The summed E-state index contributed by atoms with van der Waals surface area (Å²) in [7, 11) is 0. The first-order valence-electron chi connectivity index (χ1n) is 4.50. The van der Waals surface area contributed by atoms with Crippen LogP contribution in [0.3, 0.4) is 0 Å². The van der Waals surface area contributed by atoms with Gasteiger partial charge >= 0.3 is 11.9 Å². The van der Waals surface area contributed by atoms with Crippen LogP contribution in [0.5, 0.6) is 0 Å². The van der Waals surface area contributed by atoms with Crippen LogP contribution in [-0.2, 0) is 23.9 Å². The second kappa shape index (κ2) is 6.49. The van der Waals surface area contributed by atoms with Crippen LogP contribution in [0, 0.1) is 0 Å². The van der Waals surface area contributed by atoms with Crippen LogP contribution in [-0.4, -0.2) is 34.7 Å². The molecule has 0 saturated carbocycles. The summed E-state index contributed by atoms with van der Waals surface area (Å²) in [6.07, 6.45) is -1.11. The molecular weight excluding hydrogens is 216 g/mol. The summed E-state index contributed by atoms with van der Waals surface area (Å²) in [4.78, 5) is 43.1. The lowest BCUT2D eigenvalue weighted by Gasteiger charge is -2.09. The van der Waals surface area contributed by atoms with Gasteiger partial charge in [0.15, 0.2) is 6.10 Å². The summed E-state index contributed by atoms with van der Waals surface area (Å²) in [6.45, 7) is 4.35. The van der Waals surface area contributed by atoms with E-state index in [1.54, 1.807) is 0 Å². The van der Waals surface area contributed by atoms with Crippen LogP contribution in [0.2, 0.25) is 0 Å².